The van der Waals surface area contributed by atoms with Gasteiger partial charge in [0.1, 0.15) is 0 Å². The van der Waals surface area contributed by atoms with Gasteiger partial charge in [-0.05, 0) is 20.8 Å². The summed E-state index contributed by atoms with van der Waals surface area (Å²) in [6.07, 6.45) is 1.83. The van der Waals surface area contributed by atoms with Gasteiger partial charge in [-0.25, -0.2) is 0 Å². The van der Waals surface area contributed by atoms with E-state index in [1.807, 2.05) is 26.8 Å². The van der Waals surface area contributed by atoms with Crippen molar-refractivity contribution in [2.24, 2.45) is 0 Å². The van der Waals surface area contributed by atoms with Crippen LogP contribution in [0.2, 0.25) is 0 Å². The summed E-state index contributed by atoms with van der Waals surface area (Å²) in [4.78, 5) is 12.9. The summed E-state index contributed by atoms with van der Waals surface area (Å²) in [5.41, 5.74) is 0.810. The molecule has 0 aromatic rings. The summed E-state index contributed by atoms with van der Waals surface area (Å²) in [6, 6.07) is 0. The molecule has 0 heterocycles. The predicted octanol–water partition coefficient (Wildman–Crippen LogP) is 1.43. The molecule has 0 aromatic carbocycles. The third-order valence-corrected chi connectivity index (χ3v) is 1.59. The minimum absolute atomic E-state index is 0.116. The fraction of sp³-hybridized carbons (Fsp3) is 0.625. The van der Waals surface area contributed by atoms with Crippen LogP contribution in [0.15, 0.2) is 11.6 Å². The summed E-state index contributed by atoms with van der Waals surface area (Å²) >= 11 is 0. The third-order valence-electron chi connectivity index (χ3n) is 1.59. The van der Waals surface area contributed by atoms with Crippen LogP contribution in [0.5, 0.6) is 0 Å². The number of nitrogens with zero attached hydrogens (tertiary/aromatic N) is 1. The normalized spacial score (nSPS) is 11.4. The lowest BCUT2D eigenvalue weighted by Crippen LogP contribution is -2.26. The molecular weight excluding hydrogens is 126 g/mol. The largest absolute Gasteiger partial charge is 0.342 e. The van der Waals surface area contributed by atoms with Gasteiger partial charge in [-0.3, -0.25) is 4.79 Å². The number of carbonyl (C=O) groups excluding carboxylic acids is 1. The van der Waals surface area contributed by atoms with Crippen molar-refractivity contribution < 1.29 is 4.79 Å². The summed E-state index contributed by atoms with van der Waals surface area (Å²) in [7, 11) is 1.80. The predicted molar refractivity (Wildman–Crippen MR) is 42.7 cm³/mol. The monoisotopic (exact) mass is 141 g/mol. The van der Waals surface area contributed by atoms with Crippen molar-refractivity contribution in [1.29, 1.82) is 0 Å². The van der Waals surface area contributed by atoms with Crippen LogP contribution in [0.1, 0.15) is 20.8 Å². The number of likely N-dealkylation sites (N-methyl/N-ethyl adjacent to an activating group) is 1. The number of carbonyl (C=O) groups is 1. The van der Waals surface area contributed by atoms with Crippen LogP contribution in [-0.2, 0) is 4.79 Å². The minimum atomic E-state index is 0.116. The van der Waals surface area contributed by atoms with Gasteiger partial charge in [0.15, 0.2) is 0 Å². The lowest BCUT2D eigenvalue weighted by molar-refractivity contribution is -0.125. The third kappa shape index (κ3) is 2.21. The molecule has 0 N–H and O–H groups in total. The highest BCUT2D eigenvalue weighted by molar-refractivity contribution is 5.92. The first kappa shape index (κ1) is 9.21. The van der Waals surface area contributed by atoms with Crippen molar-refractivity contribution in [2.75, 3.05) is 13.6 Å². The fourth-order valence-corrected chi connectivity index (χ4v) is 0.568. The Morgan fingerprint density at radius 2 is 2.10 bits per heavy atom. The molecule has 0 saturated carbocycles. The highest BCUT2D eigenvalue weighted by atomic mass is 16.2. The first-order valence-corrected chi connectivity index (χ1v) is 3.51. The van der Waals surface area contributed by atoms with Gasteiger partial charge >= 0.3 is 0 Å². The molecule has 0 saturated heterocycles. The van der Waals surface area contributed by atoms with Crippen LogP contribution in [0.4, 0.5) is 0 Å². The summed E-state index contributed by atoms with van der Waals surface area (Å²) in [5.74, 6) is 0.116. The Hall–Kier alpha value is -0.790. The van der Waals surface area contributed by atoms with Gasteiger partial charge in [0.2, 0.25) is 5.91 Å². The van der Waals surface area contributed by atoms with Crippen LogP contribution in [0.3, 0.4) is 0 Å². The number of hydrogen-bond donors (Lipinski definition) is 0. The average Bonchev–Trinajstić information content (AvgIpc) is 2.00. The van der Waals surface area contributed by atoms with Crippen LogP contribution in [-0.4, -0.2) is 24.4 Å². The molecule has 0 bridgehead atoms. The standard InChI is InChI=1S/C8H15NO/c1-5-7(3)8(10)9(4)6-2/h5H,6H2,1-4H3. The average molecular weight is 141 g/mol. The second-order valence-corrected chi connectivity index (χ2v) is 2.29. The van der Waals surface area contributed by atoms with Gasteiger partial charge in [0.05, 0.1) is 0 Å². The quantitative estimate of drug-likeness (QED) is 0.533. The van der Waals surface area contributed by atoms with Crippen molar-refractivity contribution in [1.82, 2.24) is 4.90 Å². The smallest absolute Gasteiger partial charge is 0.248 e. The molecule has 2 heteroatoms. The lowest BCUT2D eigenvalue weighted by atomic mass is 10.2. The van der Waals surface area contributed by atoms with E-state index < -0.39 is 0 Å². The summed E-state index contributed by atoms with van der Waals surface area (Å²) in [6.45, 7) is 6.43. The minimum Gasteiger partial charge on any atom is -0.342 e. The van der Waals surface area contributed by atoms with E-state index in [4.69, 9.17) is 0 Å². The van der Waals surface area contributed by atoms with Crippen LogP contribution >= 0.6 is 0 Å². The van der Waals surface area contributed by atoms with E-state index in [1.54, 1.807) is 11.9 Å². The zero-order valence-electron chi connectivity index (χ0n) is 7.14. The van der Waals surface area contributed by atoms with Gasteiger partial charge in [0.25, 0.3) is 0 Å². The van der Waals surface area contributed by atoms with E-state index in [2.05, 4.69) is 0 Å². The maximum absolute atomic E-state index is 11.2. The van der Waals surface area contributed by atoms with Crippen molar-refractivity contribution in [3.05, 3.63) is 11.6 Å². The topological polar surface area (TPSA) is 20.3 Å². The molecule has 1 amide bonds. The Bertz CT molecular complexity index is 149. The number of rotatable bonds is 2. The highest BCUT2D eigenvalue weighted by Crippen LogP contribution is 1.97. The molecule has 0 radical (unpaired) electrons. The highest BCUT2D eigenvalue weighted by Gasteiger charge is 2.06. The Morgan fingerprint density at radius 3 is 2.40 bits per heavy atom. The Kier molecular flexibility index (Phi) is 3.77. The van der Waals surface area contributed by atoms with Gasteiger partial charge in [-0.2, -0.15) is 0 Å². The number of hydrogen-bond acceptors (Lipinski definition) is 1. The van der Waals surface area contributed by atoms with Crippen LogP contribution in [0.25, 0.3) is 0 Å². The molecule has 10 heavy (non-hydrogen) atoms. The molecule has 2 nitrogen and oxygen atoms in total. The Labute approximate surface area is 62.5 Å². The van der Waals surface area contributed by atoms with Crippen molar-refractivity contribution >= 4 is 5.91 Å². The maximum atomic E-state index is 11.2. The molecule has 0 aromatic heterocycles. The van der Waals surface area contributed by atoms with Crippen LogP contribution < -0.4 is 0 Å². The van der Waals surface area contributed by atoms with Crippen molar-refractivity contribution in [3.63, 3.8) is 0 Å². The lowest BCUT2D eigenvalue weighted by Gasteiger charge is -2.13. The van der Waals surface area contributed by atoms with Gasteiger partial charge in [0, 0.05) is 19.2 Å². The molecule has 0 unspecified atom stereocenters. The van der Waals surface area contributed by atoms with E-state index >= 15 is 0 Å². The molecular formula is C8H15NO. The second-order valence-electron chi connectivity index (χ2n) is 2.29. The number of amides is 1. The summed E-state index contributed by atoms with van der Waals surface area (Å²) in [5, 5.41) is 0. The van der Waals surface area contributed by atoms with E-state index in [9.17, 15) is 4.79 Å². The molecule has 0 aliphatic heterocycles. The van der Waals surface area contributed by atoms with Crippen molar-refractivity contribution in [3.8, 4) is 0 Å². The number of allylic oxidation sites excluding steroid dienone is 1. The first-order chi connectivity index (χ1) is 4.63. The fourth-order valence-electron chi connectivity index (χ4n) is 0.568. The molecule has 58 valence electrons. The molecule has 0 rings (SSSR count). The van der Waals surface area contributed by atoms with Gasteiger partial charge in [-0.1, -0.05) is 6.08 Å². The van der Waals surface area contributed by atoms with E-state index in [0.29, 0.717) is 0 Å². The Balaban J connectivity index is 4.08. The SMILES string of the molecule is CC=C(C)C(=O)N(C)CC. The van der Waals surface area contributed by atoms with E-state index in [0.717, 1.165) is 12.1 Å². The second kappa shape index (κ2) is 4.09. The zero-order chi connectivity index (χ0) is 8.15. The molecule has 0 fully saturated rings. The van der Waals surface area contributed by atoms with E-state index in [-0.39, 0.29) is 5.91 Å². The first-order valence-electron chi connectivity index (χ1n) is 3.51. The van der Waals surface area contributed by atoms with Gasteiger partial charge in [-0.15, -0.1) is 0 Å². The Morgan fingerprint density at radius 1 is 1.60 bits per heavy atom. The molecule has 0 aliphatic rings. The van der Waals surface area contributed by atoms with Gasteiger partial charge < -0.3 is 4.90 Å². The summed E-state index contributed by atoms with van der Waals surface area (Å²) < 4.78 is 0. The molecule has 0 spiro atoms. The van der Waals surface area contributed by atoms with Crippen LogP contribution in [0, 0.1) is 0 Å². The molecule has 0 atom stereocenters. The maximum Gasteiger partial charge on any atom is 0.248 e. The zero-order valence-corrected chi connectivity index (χ0v) is 7.14. The van der Waals surface area contributed by atoms with E-state index in [1.165, 1.54) is 0 Å². The molecule has 0 aliphatic carbocycles. The van der Waals surface area contributed by atoms with Crippen molar-refractivity contribution in [2.45, 2.75) is 20.8 Å².